The minimum absolute atomic E-state index is 0.0474. The van der Waals surface area contributed by atoms with Crippen LogP contribution in [0.15, 0.2) is 18.2 Å². The van der Waals surface area contributed by atoms with Gasteiger partial charge >= 0.3 is 6.03 Å². The van der Waals surface area contributed by atoms with E-state index in [9.17, 15) is 9.90 Å². The van der Waals surface area contributed by atoms with E-state index in [-0.39, 0.29) is 18.6 Å². The molecule has 2 amide bonds. The zero-order chi connectivity index (χ0) is 16.7. The number of piperidine rings is 1. The summed E-state index contributed by atoms with van der Waals surface area (Å²) in [4.78, 5) is 14.1. The SMILES string of the molecule is CCCOc1ccc(CNC(=O)N2CCC[C@@H](CO)C2)c(C)c1. The lowest BCUT2D eigenvalue weighted by Crippen LogP contribution is -2.46. The summed E-state index contributed by atoms with van der Waals surface area (Å²) in [5.74, 6) is 1.09. The summed E-state index contributed by atoms with van der Waals surface area (Å²) in [6, 6.07) is 5.92. The number of aryl methyl sites for hydroxylation is 1. The lowest BCUT2D eigenvalue weighted by Gasteiger charge is -2.31. The van der Waals surface area contributed by atoms with Crippen molar-refractivity contribution in [3.8, 4) is 5.75 Å². The van der Waals surface area contributed by atoms with Crippen molar-refractivity contribution in [3.63, 3.8) is 0 Å². The Hall–Kier alpha value is -1.75. The number of hydrogen-bond donors (Lipinski definition) is 2. The minimum atomic E-state index is -0.0474. The van der Waals surface area contributed by atoms with Crippen molar-refractivity contribution < 1.29 is 14.6 Å². The molecule has 5 heteroatoms. The van der Waals surface area contributed by atoms with Crippen LogP contribution < -0.4 is 10.1 Å². The maximum atomic E-state index is 12.3. The number of carbonyl (C=O) groups is 1. The van der Waals surface area contributed by atoms with Crippen LogP contribution in [-0.2, 0) is 6.54 Å². The molecule has 0 bridgehead atoms. The van der Waals surface area contributed by atoms with Gasteiger partial charge in [0, 0.05) is 26.2 Å². The van der Waals surface area contributed by atoms with Gasteiger partial charge in [-0.2, -0.15) is 0 Å². The van der Waals surface area contributed by atoms with Crippen LogP contribution in [0.25, 0.3) is 0 Å². The Morgan fingerprint density at radius 2 is 2.30 bits per heavy atom. The van der Waals surface area contributed by atoms with Crippen molar-refractivity contribution in [2.45, 2.75) is 39.7 Å². The topological polar surface area (TPSA) is 61.8 Å². The second-order valence-electron chi connectivity index (χ2n) is 6.23. The van der Waals surface area contributed by atoms with Crippen molar-refractivity contribution in [1.29, 1.82) is 0 Å². The highest BCUT2D eigenvalue weighted by atomic mass is 16.5. The van der Waals surface area contributed by atoms with Crippen LogP contribution in [0.1, 0.15) is 37.3 Å². The standard InChI is InChI=1S/C18H28N2O3/c1-3-9-23-17-7-6-16(14(2)10-17)11-19-18(22)20-8-4-5-15(12-20)13-21/h6-7,10,15,21H,3-5,8-9,11-13H2,1-2H3,(H,19,22)/t15-/m1/s1. The summed E-state index contributed by atoms with van der Waals surface area (Å²) in [6.07, 6.45) is 2.95. The van der Waals surface area contributed by atoms with Gasteiger partial charge in [0.1, 0.15) is 5.75 Å². The van der Waals surface area contributed by atoms with E-state index in [1.54, 1.807) is 4.90 Å². The normalized spacial score (nSPS) is 17.9. The van der Waals surface area contributed by atoms with Crippen molar-refractivity contribution in [1.82, 2.24) is 10.2 Å². The Morgan fingerprint density at radius 3 is 3.00 bits per heavy atom. The molecule has 0 spiro atoms. The second-order valence-corrected chi connectivity index (χ2v) is 6.23. The van der Waals surface area contributed by atoms with E-state index in [1.807, 2.05) is 25.1 Å². The minimum Gasteiger partial charge on any atom is -0.494 e. The molecule has 128 valence electrons. The lowest BCUT2D eigenvalue weighted by atomic mass is 9.99. The third-order valence-electron chi connectivity index (χ3n) is 4.28. The molecule has 5 nitrogen and oxygen atoms in total. The number of benzene rings is 1. The van der Waals surface area contributed by atoms with Crippen LogP contribution >= 0.6 is 0 Å². The molecule has 2 N–H and O–H groups in total. The highest BCUT2D eigenvalue weighted by Gasteiger charge is 2.22. The fourth-order valence-electron chi connectivity index (χ4n) is 2.86. The number of nitrogens with zero attached hydrogens (tertiary/aromatic N) is 1. The number of nitrogens with one attached hydrogen (secondary N) is 1. The zero-order valence-electron chi connectivity index (χ0n) is 14.2. The molecule has 23 heavy (non-hydrogen) atoms. The van der Waals surface area contributed by atoms with E-state index in [0.717, 1.165) is 49.3 Å². The largest absolute Gasteiger partial charge is 0.494 e. The van der Waals surface area contributed by atoms with Crippen LogP contribution in [-0.4, -0.2) is 42.3 Å². The summed E-state index contributed by atoms with van der Waals surface area (Å²) >= 11 is 0. The van der Waals surface area contributed by atoms with Crippen molar-refractivity contribution in [2.75, 3.05) is 26.3 Å². The van der Waals surface area contributed by atoms with Crippen molar-refractivity contribution in [3.05, 3.63) is 29.3 Å². The number of carbonyl (C=O) groups excluding carboxylic acids is 1. The number of amides is 2. The first kappa shape index (κ1) is 17.6. The Kier molecular flexibility index (Phi) is 6.71. The summed E-state index contributed by atoms with van der Waals surface area (Å²) in [5.41, 5.74) is 2.21. The van der Waals surface area contributed by atoms with Crippen molar-refractivity contribution in [2.24, 2.45) is 5.92 Å². The summed E-state index contributed by atoms with van der Waals surface area (Å²) < 4.78 is 5.62. The van der Waals surface area contributed by atoms with E-state index in [0.29, 0.717) is 13.1 Å². The number of rotatable bonds is 6. The van der Waals surface area contributed by atoms with Gasteiger partial charge in [-0.15, -0.1) is 0 Å². The molecule has 1 saturated heterocycles. The van der Waals surface area contributed by atoms with Gasteiger partial charge in [0.2, 0.25) is 0 Å². The van der Waals surface area contributed by atoms with Crippen LogP contribution in [0.5, 0.6) is 5.75 Å². The van der Waals surface area contributed by atoms with E-state index >= 15 is 0 Å². The predicted molar refractivity (Wildman–Crippen MR) is 90.6 cm³/mol. The monoisotopic (exact) mass is 320 g/mol. The smallest absolute Gasteiger partial charge is 0.317 e. The molecular formula is C18H28N2O3. The van der Waals surface area contributed by atoms with E-state index in [1.165, 1.54) is 0 Å². The number of aliphatic hydroxyl groups is 1. The van der Waals surface area contributed by atoms with Gasteiger partial charge in [-0.1, -0.05) is 13.0 Å². The van der Waals surface area contributed by atoms with Gasteiger partial charge in [-0.3, -0.25) is 0 Å². The Bertz CT molecular complexity index is 519. The van der Waals surface area contributed by atoms with Crippen LogP contribution in [0.2, 0.25) is 0 Å². The Labute approximate surface area is 138 Å². The number of ether oxygens (including phenoxy) is 1. The number of likely N-dealkylation sites (tertiary alicyclic amines) is 1. The first-order valence-corrected chi connectivity index (χ1v) is 8.50. The van der Waals surface area contributed by atoms with Crippen LogP contribution in [0.3, 0.4) is 0 Å². The highest BCUT2D eigenvalue weighted by molar-refractivity contribution is 5.74. The number of aliphatic hydroxyl groups excluding tert-OH is 1. The van der Waals surface area contributed by atoms with Gasteiger partial charge in [-0.05, 0) is 55.4 Å². The molecule has 0 saturated carbocycles. The van der Waals surface area contributed by atoms with Gasteiger partial charge in [0.25, 0.3) is 0 Å². The van der Waals surface area contributed by atoms with Gasteiger partial charge in [0.15, 0.2) is 0 Å². The number of hydrogen-bond acceptors (Lipinski definition) is 3. The second kappa shape index (κ2) is 8.77. The first-order chi connectivity index (χ1) is 11.1. The third-order valence-corrected chi connectivity index (χ3v) is 4.28. The molecule has 1 aliphatic rings. The quantitative estimate of drug-likeness (QED) is 0.847. The van der Waals surface area contributed by atoms with E-state index in [4.69, 9.17) is 4.74 Å². The first-order valence-electron chi connectivity index (χ1n) is 8.50. The third kappa shape index (κ3) is 5.13. The fourth-order valence-corrected chi connectivity index (χ4v) is 2.86. The Balaban J connectivity index is 1.86. The lowest BCUT2D eigenvalue weighted by molar-refractivity contribution is 0.129. The zero-order valence-corrected chi connectivity index (χ0v) is 14.2. The van der Waals surface area contributed by atoms with E-state index < -0.39 is 0 Å². The molecular weight excluding hydrogens is 292 g/mol. The molecule has 1 fully saturated rings. The van der Waals surface area contributed by atoms with E-state index in [2.05, 4.69) is 12.2 Å². The molecule has 2 rings (SSSR count). The molecule has 1 aromatic carbocycles. The van der Waals surface area contributed by atoms with Gasteiger partial charge in [-0.25, -0.2) is 4.79 Å². The molecule has 0 aromatic heterocycles. The summed E-state index contributed by atoms with van der Waals surface area (Å²) in [7, 11) is 0. The van der Waals surface area contributed by atoms with Crippen molar-refractivity contribution >= 4 is 6.03 Å². The van der Waals surface area contributed by atoms with Crippen LogP contribution in [0.4, 0.5) is 4.79 Å². The maximum Gasteiger partial charge on any atom is 0.317 e. The fraction of sp³-hybridized carbons (Fsp3) is 0.611. The molecule has 1 aliphatic heterocycles. The summed E-state index contributed by atoms with van der Waals surface area (Å²) in [6.45, 7) is 6.91. The Morgan fingerprint density at radius 1 is 1.48 bits per heavy atom. The molecule has 1 aromatic rings. The molecule has 1 atom stereocenters. The van der Waals surface area contributed by atoms with Crippen LogP contribution in [0, 0.1) is 12.8 Å². The highest BCUT2D eigenvalue weighted by Crippen LogP contribution is 2.18. The molecule has 0 radical (unpaired) electrons. The molecule has 0 aliphatic carbocycles. The summed E-state index contributed by atoms with van der Waals surface area (Å²) in [5, 5.41) is 12.2. The average Bonchev–Trinajstić information content (AvgIpc) is 2.58. The molecule has 1 heterocycles. The maximum absolute atomic E-state index is 12.3. The predicted octanol–water partition coefficient (Wildman–Crippen LogP) is 2.70. The number of urea groups is 1. The average molecular weight is 320 g/mol. The van der Waals surface area contributed by atoms with Gasteiger partial charge < -0.3 is 20.1 Å². The molecule has 0 unspecified atom stereocenters. The van der Waals surface area contributed by atoms with Gasteiger partial charge in [0.05, 0.1) is 6.61 Å².